The van der Waals surface area contributed by atoms with E-state index in [0.29, 0.717) is 37.0 Å². The Balaban J connectivity index is 1.47. The number of hydrogen-bond donors (Lipinski definition) is 0. The van der Waals surface area contributed by atoms with E-state index in [1.165, 1.54) is 19.8 Å². The minimum absolute atomic E-state index is 0.116. The molecule has 198 valence electrons. The van der Waals surface area contributed by atoms with Gasteiger partial charge in [0.2, 0.25) is 5.91 Å². The number of aromatic nitrogens is 2. The monoisotopic (exact) mass is 547 g/mol. The molecule has 2 aliphatic rings. The highest BCUT2D eigenvalue weighted by atomic mass is 35.5. The molecule has 3 heterocycles. The molecule has 7 nitrogen and oxygen atoms in total. The standard InChI is InChI=1S/C24H30Cl2F3N5O2/c1-15(31-6-4-5-7-31)17-12-18(25)20(36-3)13-19(17)32-8-10-33(11-9-32)21(35)14-34-16(2)22(26)23(30-34)24(27,28)29/h12-13,15H,4-11,14H2,1-3H3. The first kappa shape index (κ1) is 26.9. The van der Waals surface area contributed by atoms with Crippen LogP contribution < -0.4 is 9.64 Å². The molecule has 1 atom stereocenters. The Morgan fingerprint density at radius 1 is 1.11 bits per heavy atom. The number of benzene rings is 1. The first-order valence-electron chi connectivity index (χ1n) is 12.0. The molecule has 4 rings (SSSR count). The number of likely N-dealkylation sites (tertiary alicyclic amines) is 1. The molecule has 12 heteroatoms. The van der Waals surface area contributed by atoms with E-state index in [0.717, 1.165) is 29.0 Å². The van der Waals surface area contributed by atoms with E-state index in [2.05, 4.69) is 21.8 Å². The molecule has 1 aromatic heterocycles. The van der Waals surface area contributed by atoms with E-state index < -0.39 is 16.9 Å². The van der Waals surface area contributed by atoms with Crippen LogP contribution in [0.25, 0.3) is 0 Å². The van der Waals surface area contributed by atoms with Crippen molar-refractivity contribution in [3.63, 3.8) is 0 Å². The highest BCUT2D eigenvalue weighted by Gasteiger charge is 2.38. The number of anilines is 1. The lowest BCUT2D eigenvalue weighted by Gasteiger charge is -2.38. The van der Waals surface area contributed by atoms with Crippen LogP contribution in [-0.2, 0) is 17.5 Å². The number of rotatable bonds is 6. The van der Waals surface area contributed by atoms with Crippen molar-refractivity contribution in [3.8, 4) is 5.75 Å². The van der Waals surface area contributed by atoms with Gasteiger partial charge in [-0.3, -0.25) is 14.4 Å². The fourth-order valence-electron chi connectivity index (χ4n) is 4.93. The Kier molecular flexibility index (Phi) is 7.97. The second kappa shape index (κ2) is 10.7. The highest BCUT2D eigenvalue weighted by molar-refractivity contribution is 6.32. The molecule has 0 N–H and O–H groups in total. The molecular weight excluding hydrogens is 518 g/mol. The molecule has 2 fully saturated rings. The van der Waals surface area contributed by atoms with Gasteiger partial charge in [0.15, 0.2) is 5.69 Å². The van der Waals surface area contributed by atoms with E-state index in [-0.39, 0.29) is 24.2 Å². The van der Waals surface area contributed by atoms with Gasteiger partial charge in [0.05, 0.1) is 22.8 Å². The van der Waals surface area contributed by atoms with Crippen LogP contribution in [0.3, 0.4) is 0 Å². The zero-order valence-electron chi connectivity index (χ0n) is 20.5. The second-order valence-corrected chi connectivity index (χ2v) is 10.0. The van der Waals surface area contributed by atoms with Crippen molar-refractivity contribution in [2.45, 2.75) is 45.5 Å². The third-order valence-corrected chi connectivity index (χ3v) is 7.85. The van der Waals surface area contributed by atoms with Gasteiger partial charge in [-0.05, 0) is 51.4 Å². The van der Waals surface area contributed by atoms with Crippen molar-refractivity contribution in [1.82, 2.24) is 19.6 Å². The number of carbonyl (C=O) groups excluding carboxylic acids is 1. The highest BCUT2D eigenvalue weighted by Crippen LogP contribution is 2.39. The predicted molar refractivity (Wildman–Crippen MR) is 133 cm³/mol. The average Bonchev–Trinajstić information content (AvgIpc) is 3.48. The number of hydrogen-bond acceptors (Lipinski definition) is 5. The summed E-state index contributed by atoms with van der Waals surface area (Å²) in [5, 5.41) is 3.63. The molecule has 0 spiro atoms. The SMILES string of the molecule is COc1cc(N2CCN(C(=O)Cn3nc(C(F)(F)F)c(Cl)c3C)CC2)c(C(C)N2CCCC2)cc1Cl. The Morgan fingerprint density at radius 2 is 1.75 bits per heavy atom. The predicted octanol–water partition coefficient (Wildman–Crippen LogP) is 5.03. The van der Waals surface area contributed by atoms with Gasteiger partial charge in [-0.1, -0.05) is 23.2 Å². The molecule has 0 bridgehead atoms. The van der Waals surface area contributed by atoms with E-state index in [1.807, 2.05) is 12.1 Å². The lowest BCUT2D eigenvalue weighted by atomic mass is 10.0. The van der Waals surface area contributed by atoms with Crippen LogP contribution in [0.5, 0.6) is 5.75 Å². The van der Waals surface area contributed by atoms with E-state index >= 15 is 0 Å². The number of carbonyl (C=O) groups is 1. The van der Waals surface area contributed by atoms with Gasteiger partial charge in [0, 0.05) is 44.0 Å². The fourth-order valence-corrected chi connectivity index (χ4v) is 5.42. The van der Waals surface area contributed by atoms with Gasteiger partial charge in [0.25, 0.3) is 0 Å². The van der Waals surface area contributed by atoms with Crippen molar-refractivity contribution in [3.05, 3.63) is 39.1 Å². The summed E-state index contributed by atoms with van der Waals surface area (Å²) in [6.45, 7) is 7.40. The molecule has 0 aliphatic carbocycles. The minimum Gasteiger partial charge on any atom is -0.495 e. The molecule has 1 unspecified atom stereocenters. The summed E-state index contributed by atoms with van der Waals surface area (Å²) in [4.78, 5) is 19.2. The number of halogens is 5. The maximum Gasteiger partial charge on any atom is 0.436 e. The Labute approximate surface area is 218 Å². The third kappa shape index (κ3) is 5.40. The van der Waals surface area contributed by atoms with Crippen LogP contribution in [-0.4, -0.2) is 71.9 Å². The number of amides is 1. The molecule has 1 amide bonds. The summed E-state index contributed by atoms with van der Waals surface area (Å²) in [5.74, 6) is 0.291. The normalized spacial score (nSPS) is 18.1. The zero-order valence-corrected chi connectivity index (χ0v) is 22.1. The van der Waals surface area contributed by atoms with E-state index in [4.69, 9.17) is 27.9 Å². The smallest absolute Gasteiger partial charge is 0.436 e. The van der Waals surface area contributed by atoms with Gasteiger partial charge in [0.1, 0.15) is 12.3 Å². The molecule has 1 aromatic carbocycles. The minimum atomic E-state index is -4.68. The summed E-state index contributed by atoms with van der Waals surface area (Å²) >= 11 is 12.3. The van der Waals surface area contributed by atoms with E-state index in [1.54, 1.807) is 12.0 Å². The summed E-state index contributed by atoms with van der Waals surface area (Å²) in [6, 6.07) is 4.11. The van der Waals surface area contributed by atoms with Crippen LogP contribution in [0, 0.1) is 6.92 Å². The third-order valence-electron chi connectivity index (χ3n) is 7.10. The molecule has 2 saturated heterocycles. The lowest BCUT2D eigenvalue weighted by molar-refractivity contribution is -0.142. The molecule has 0 saturated carbocycles. The van der Waals surface area contributed by atoms with Gasteiger partial charge in [-0.15, -0.1) is 0 Å². The van der Waals surface area contributed by atoms with Crippen LogP contribution in [0.2, 0.25) is 10.0 Å². The van der Waals surface area contributed by atoms with Gasteiger partial charge >= 0.3 is 6.18 Å². The Morgan fingerprint density at radius 3 is 2.31 bits per heavy atom. The summed E-state index contributed by atoms with van der Waals surface area (Å²) < 4.78 is 45.9. The number of piperazine rings is 1. The molecule has 0 radical (unpaired) electrons. The maximum atomic E-state index is 13.1. The van der Waals surface area contributed by atoms with Crippen molar-refractivity contribution in [1.29, 1.82) is 0 Å². The Bertz CT molecular complexity index is 1110. The van der Waals surface area contributed by atoms with Crippen LogP contribution >= 0.6 is 23.2 Å². The topological polar surface area (TPSA) is 53.8 Å². The van der Waals surface area contributed by atoms with Crippen LogP contribution in [0.15, 0.2) is 12.1 Å². The van der Waals surface area contributed by atoms with Crippen molar-refractivity contribution in [2.75, 3.05) is 51.3 Å². The lowest BCUT2D eigenvalue weighted by Crippen LogP contribution is -2.50. The zero-order chi connectivity index (χ0) is 26.2. The van der Waals surface area contributed by atoms with Gasteiger partial charge in [-0.25, -0.2) is 0 Å². The number of methoxy groups -OCH3 is 1. The van der Waals surface area contributed by atoms with E-state index in [9.17, 15) is 18.0 Å². The molecule has 2 aliphatic heterocycles. The quantitative estimate of drug-likeness (QED) is 0.507. The number of ether oxygens (including phenoxy) is 1. The average molecular weight is 548 g/mol. The number of alkyl halides is 3. The molecule has 2 aromatic rings. The maximum absolute atomic E-state index is 13.1. The first-order valence-corrected chi connectivity index (χ1v) is 12.7. The second-order valence-electron chi connectivity index (χ2n) is 9.24. The van der Waals surface area contributed by atoms with Crippen LogP contribution in [0.4, 0.5) is 18.9 Å². The largest absolute Gasteiger partial charge is 0.495 e. The summed E-state index contributed by atoms with van der Waals surface area (Å²) in [5.41, 5.74) is 1.08. The molecule has 36 heavy (non-hydrogen) atoms. The summed E-state index contributed by atoms with van der Waals surface area (Å²) in [6.07, 6.45) is -2.32. The van der Waals surface area contributed by atoms with Crippen molar-refractivity contribution in [2.24, 2.45) is 0 Å². The summed E-state index contributed by atoms with van der Waals surface area (Å²) in [7, 11) is 1.58. The van der Waals surface area contributed by atoms with Crippen molar-refractivity contribution < 1.29 is 22.7 Å². The first-order chi connectivity index (χ1) is 17.0. The van der Waals surface area contributed by atoms with Crippen LogP contribution in [0.1, 0.15) is 42.8 Å². The Hall–Kier alpha value is -2.17. The fraction of sp³-hybridized carbons (Fsp3) is 0.583. The van der Waals surface area contributed by atoms with Crippen molar-refractivity contribution >= 4 is 34.8 Å². The molecular formula is C24H30Cl2F3N5O2. The van der Waals surface area contributed by atoms with Gasteiger partial charge in [-0.2, -0.15) is 18.3 Å². The van der Waals surface area contributed by atoms with Gasteiger partial charge < -0.3 is 14.5 Å². The number of nitrogens with zero attached hydrogens (tertiary/aromatic N) is 5.